The molecule has 0 aromatic heterocycles. The highest BCUT2D eigenvalue weighted by Crippen LogP contribution is 2.61. The van der Waals surface area contributed by atoms with E-state index in [9.17, 15) is 14.9 Å². The summed E-state index contributed by atoms with van der Waals surface area (Å²) in [4.78, 5) is 24.4. The predicted molar refractivity (Wildman–Crippen MR) is 93.2 cm³/mol. The minimum atomic E-state index is -0.941. The monoisotopic (exact) mass is 346 g/mol. The summed E-state index contributed by atoms with van der Waals surface area (Å²) in [6, 6.07) is 2.13. The van der Waals surface area contributed by atoms with E-state index in [1.54, 1.807) is 6.92 Å². The van der Waals surface area contributed by atoms with Crippen LogP contribution in [0.15, 0.2) is 0 Å². The van der Waals surface area contributed by atoms with Gasteiger partial charge in [0.2, 0.25) is 0 Å². The van der Waals surface area contributed by atoms with Gasteiger partial charge < -0.3 is 10.1 Å². The minimum Gasteiger partial charge on any atom is -0.456 e. The highest BCUT2D eigenvalue weighted by atomic mass is 16.5. The maximum Gasteiger partial charge on any atom is 0.306 e. The summed E-state index contributed by atoms with van der Waals surface area (Å²) in [5.74, 6) is 1.69. The lowest BCUT2D eigenvalue weighted by Crippen LogP contribution is -2.50. The summed E-state index contributed by atoms with van der Waals surface area (Å²) in [7, 11) is 0. The van der Waals surface area contributed by atoms with E-state index in [0.29, 0.717) is 6.42 Å². The Labute approximate surface area is 150 Å². The molecule has 5 nitrogen and oxygen atoms in total. The quantitative estimate of drug-likeness (QED) is 0.749. The minimum absolute atomic E-state index is 0.0239. The van der Waals surface area contributed by atoms with Crippen LogP contribution in [0.3, 0.4) is 0 Å². The maximum atomic E-state index is 12.3. The summed E-state index contributed by atoms with van der Waals surface area (Å²) in [6.45, 7) is 5.15. The fraction of sp³-hybridized carbons (Fsp3) is 0.850. The molecule has 0 radical (unpaired) electrons. The normalized spacial score (nSPS) is 35.1. The second kappa shape index (κ2) is 6.63. The van der Waals surface area contributed by atoms with Crippen molar-refractivity contribution in [3.05, 3.63) is 0 Å². The maximum absolute atomic E-state index is 12.3. The Bertz CT molecular complexity index is 557. The average Bonchev–Trinajstić information content (AvgIpc) is 2.50. The van der Waals surface area contributed by atoms with E-state index in [4.69, 9.17) is 4.74 Å². The van der Waals surface area contributed by atoms with E-state index in [1.165, 1.54) is 19.3 Å². The first kappa shape index (κ1) is 18.2. The molecule has 4 rings (SSSR count). The van der Waals surface area contributed by atoms with E-state index >= 15 is 0 Å². The van der Waals surface area contributed by atoms with E-state index in [1.807, 2.05) is 13.8 Å². The Morgan fingerprint density at radius 2 is 1.72 bits per heavy atom. The molecule has 0 aromatic carbocycles. The number of ether oxygens (including phenoxy) is 1. The molecule has 1 atom stereocenters. The van der Waals surface area contributed by atoms with Crippen molar-refractivity contribution in [1.82, 2.24) is 5.32 Å². The van der Waals surface area contributed by atoms with Gasteiger partial charge in [-0.05, 0) is 74.5 Å². The summed E-state index contributed by atoms with van der Waals surface area (Å²) in [6.07, 6.45) is 7.94. The highest BCUT2D eigenvalue weighted by Gasteiger charge is 2.51. The molecule has 1 amide bonds. The first-order valence-electron chi connectivity index (χ1n) is 9.61. The van der Waals surface area contributed by atoms with Gasteiger partial charge in [-0.25, -0.2) is 0 Å². The number of carbonyl (C=O) groups excluding carboxylic acids is 2. The fourth-order valence-corrected chi connectivity index (χ4v) is 5.64. The van der Waals surface area contributed by atoms with Gasteiger partial charge in [0.1, 0.15) is 5.54 Å². The molecule has 0 heterocycles. The standard InChI is InChI=1S/C20H30N2O3/c1-13(2)19(3,12-21)22-17(23)11-25-18(24)10-20-7-14-4-15(8-20)6-16(5-14)9-20/h13-16H,4-11H2,1-3H3,(H,22,23)/t14?,15?,16?,19-,20?/m1/s1. The number of carbonyl (C=O) groups is 2. The van der Waals surface area contributed by atoms with Gasteiger partial charge in [0.15, 0.2) is 6.61 Å². The molecule has 138 valence electrons. The number of nitriles is 1. The molecule has 0 unspecified atom stereocenters. The van der Waals surface area contributed by atoms with Gasteiger partial charge in [-0.15, -0.1) is 0 Å². The third-order valence-electron chi connectivity index (χ3n) is 6.83. The van der Waals surface area contributed by atoms with Crippen molar-refractivity contribution in [3.8, 4) is 6.07 Å². The Morgan fingerprint density at radius 3 is 2.16 bits per heavy atom. The molecular weight excluding hydrogens is 316 g/mol. The van der Waals surface area contributed by atoms with Crippen molar-refractivity contribution in [2.75, 3.05) is 6.61 Å². The zero-order chi connectivity index (χ0) is 18.2. The van der Waals surface area contributed by atoms with Crippen molar-refractivity contribution < 1.29 is 14.3 Å². The smallest absolute Gasteiger partial charge is 0.306 e. The summed E-state index contributed by atoms with van der Waals surface area (Å²) < 4.78 is 5.25. The van der Waals surface area contributed by atoms with E-state index in [2.05, 4.69) is 11.4 Å². The van der Waals surface area contributed by atoms with Crippen LogP contribution < -0.4 is 5.32 Å². The lowest BCUT2D eigenvalue weighted by molar-refractivity contribution is -0.155. The van der Waals surface area contributed by atoms with E-state index in [0.717, 1.165) is 37.0 Å². The van der Waals surface area contributed by atoms with Crippen LogP contribution in [-0.4, -0.2) is 24.0 Å². The highest BCUT2D eigenvalue weighted by molar-refractivity contribution is 5.81. The fourth-order valence-electron chi connectivity index (χ4n) is 5.64. The lowest BCUT2D eigenvalue weighted by Gasteiger charge is -2.56. The topological polar surface area (TPSA) is 79.2 Å². The predicted octanol–water partition coefficient (Wildman–Crippen LogP) is 3.19. The van der Waals surface area contributed by atoms with Crippen LogP contribution in [0.25, 0.3) is 0 Å². The molecule has 25 heavy (non-hydrogen) atoms. The third-order valence-corrected chi connectivity index (χ3v) is 6.83. The molecule has 4 bridgehead atoms. The molecule has 0 aromatic rings. The van der Waals surface area contributed by atoms with Crippen molar-refractivity contribution in [1.29, 1.82) is 5.26 Å². The zero-order valence-corrected chi connectivity index (χ0v) is 15.6. The SMILES string of the molecule is CC(C)[C@@](C)(C#N)NC(=O)COC(=O)CC12CC3CC(CC(C3)C1)C2. The Morgan fingerprint density at radius 1 is 1.20 bits per heavy atom. The first-order valence-corrected chi connectivity index (χ1v) is 9.61. The zero-order valence-electron chi connectivity index (χ0n) is 15.6. The molecule has 5 heteroatoms. The average molecular weight is 346 g/mol. The van der Waals surface area contributed by atoms with Gasteiger partial charge >= 0.3 is 5.97 Å². The first-order chi connectivity index (χ1) is 11.7. The van der Waals surface area contributed by atoms with Gasteiger partial charge in [0.25, 0.3) is 5.91 Å². The largest absolute Gasteiger partial charge is 0.456 e. The molecule has 4 saturated carbocycles. The van der Waals surface area contributed by atoms with Crippen LogP contribution in [0.4, 0.5) is 0 Å². The van der Waals surface area contributed by atoms with Crippen molar-refractivity contribution in [2.24, 2.45) is 29.1 Å². The number of amides is 1. The molecule has 4 aliphatic rings. The number of esters is 1. The third kappa shape index (κ3) is 3.83. The number of hydrogen-bond donors (Lipinski definition) is 1. The van der Waals surface area contributed by atoms with Gasteiger partial charge in [-0.3, -0.25) is 9.59 Å². The summed E-state index contributed by atoms with van der Waals surface area (Å²) in [5.41, 5.74) is -0.815. The Kier molecular flexibility index (Phi) is 4.83. The summed E-state index contributed by atoms with van der Waals surface area (Å²) >= 11 is 0. The molecule has 4 fully saturated rings. The van der Waals surface area contributed by atoms with E-state index < -0.39 is 11.4 Å². The van der Waals surface area contributed by atoms with Crippen LogP contribution in [0.2, 0.25) is 0 Å². The Balaban J connectivity index is 1.49. The molecule has 1 N–H and O–H groups in total. The van der Waals surface area contributed by atoms with Gasteiger partial charge in [0, 0.05) is 0 Å². The molecule has 0 aliphatic heterocycles. The van der Waals surface area contributed by atoms with Crippen molar-refractivity contribution >= 4 is 11.9 Å². The number of hydrogen-bond acceptors (Lipinski definition) is 4. The summed E-state index contributed by atoms with van der Waals surface area (Å²) in [5, 5.41) is 11.9. The number of nitrogens with zero attached hydrogens (tertiary/aromatic N) is 1. The van der Waals surface area contributed by atoms with Gasteiger partial charge in [-0.1, -0.05) is 13.8 Å². The van der Waals surface area contributed by atoms with Crippen molar-refractivity contribution in [3.63, 3.8) is 0 Å². The number of nitrogens with one attached hydrogen (secondary N) is 1. The van der Waals surface area contributed by atoms with Gasteiger partial charge in [0.05, 0.1) is 12.5 Å². The van der Waals surface area contributed by atoms with Crippen LogP contribution in [0.5, 0.6) is 0 Å². The van der Waals surface area contributed by atoms with E-state index in [-0.39, 0.29) is 23.9 Å². The second-order valence-corrected chi connectivity index (χ2v) is 9.27. The lowest BCUT2D eigenvalue weighted by atomic mass is 9.49. The van der Waals surface area contributed by atoms with Crippen LogP contribution in [-0.2, 0) is 14.3 Å². The molecule has 4 aliphatic carbocycles. The number of rotatable bonds is 6. The molecule has 0 saturated heterocycles. The Hall–Kier alpha value is -1.57. The molecule has 0 spiro atoms. The van der Waals surface area contributed by atoms with Crippen LogP contribution >= 0.6 is 0 Å². The van der Waals surface area contributed by atoms with Crippen molar-refractivity contribution in [2.45, 2.75) is 71.3 Å². The van der Waals surface area contributed by atoms with Crippen LogP contribution in [0, 0.1) is 40.4 Å². The van der Waals surface area contributed by atoms with Crippen LogP contribution in [0.1, 0.15) is 65.7 Å². The van der Waals surface area contributed by atoms with Gasteiger partial charge in [-0.2, -0.15) is 5.26 Å². The second-order valence-electron chi connectivity index (χ2n) is 9.27. The molecular formula is C20H30N2O3.